The molecule has 0 spiro atoms. The van der Waals surface area contributed by atoms with E-state index in [4.69, 9.17) is 0 Å². The summed E-state index contributed by atoms with van der Waals surface area (Å²) >= 11 is 0. The van der Waals surface area contributed by atoms with Crippen LogP contribution in [0.5, 0.6) is 0 Å². The fourth-order valence-electron chi connectivity index (χ4n) is 0.891. The van der Waals surface area contributed by atoms with Gasteiger partial charge in [-0.3, -0.25) is 9.59 Å². The third-order valence-corrected chi connectivity index (χ3v) is 1.83. The van der Waals surface area contributed by atoms with Crippen LogP contribution in [0.3, 0.4) is 0 Å². The van der Waals surface area contributed by atoms with Gasteiger partial charge in [0.1, 0.15) is 0 Å². The van der Waals surface area contributed by atoms with E-state index in [1.54, 1.807) is 0 Å². The average Bonchev–Trinajstić information content (AvgIpc) is 2.23. The summed E-state index contributed by atoms with van der Waals surface area (Å²) < 4.78 is 9.18. The van der Waals surface area contributed by atoms with Gasteiger partial charge in [-0.1, -0.05) is 26.7 Å². The van der Waals surface area contributed by atoms with Crippen molar-refractivity contribution in [3.05, 3.63) is 0 Å². The second-order valence-electron chi connectivity index (χ2n) is 3.28. The first-order valence-corrected chi connectivity index (χ1v) is 5.41. The molecular weight excluding hydrogens is 195 g/mol. The van der Waals surface area contributed by atoms with Crippen molar-refractivity contribution in [3.63, 3.8) is 0 Å². The Kier molecular flexibility index (Phi) is 8.92. The second kappa shape index (κ2) is 9.56. The zero-order chi connectivity index (χ0) is 11.5. The quantitative estimate of drug-likeness (QED) is 0.578. The largest absolute Gasteiger partial charge is 0.662 e. The van der Waals surface area contributed by atoms with Crippen molar-refractivity contribution in [1.29, 1.82) is 0 Å². The maximum absolute atomic E-state index is 11.0. The second-order valence-corrected chi connectivity index (χ2v) is 3.28. The standard InChI is InChI=1S/C10H18BO4/c1-3-5-7-9(12)14-11-15-10(13)8-6-4-2/h3-8H2,1-2H3. The lowest BCUT2D eigenvalue weighted by Crippen LogP contribution is -2.15. The number of carbonyl (C=O) groups is 2. The Morgan fingerprint density at radius 1 is 0.933 bits per heavy atom. The molecule has 0 heterocycles. The van der Waals surface area contributed by atoms with Crippen molar-refractivity contribution in [2.75, 3.05) is 0 Å². The monoisotopic (exact) mass is 213 g/mol. The van der Waals surface area contributed by atoms with E-state index < -0.39 is 0 Å². The molecule has 0 bridgehead atoms. The highest BCUT2D eigenvalue weighted by atomic mass is 16.6. The molecule has 0 aromatic heterocycles. The summed E-state index contributed by atoms with van der Waals surface area (Å²) in [5.74, 6) is -0.722. The van der Waals surface area contributed by atoms with Gasteiger partial charge in [-0.2, -0.15) is 0 Å². The first-order chi connectivity index (χ1) is 7.20. The van der Waals surface area contributed by atoms with Crippen LogP contribution in [0, 0.1) is 0 Å². The lowest BCUT2D eigenvalue weighted by Gasteiger charge is -2.03. The topological polar surface area (TPSA) is 52.6 Å². The lowest BCUT2D eigenvalue weighted by atomic mass is 10.2. The van der Waals surface area contributed by atoms with Gasteiger partial charge in [-0.15, -0.1) is 0 Å². The predicted molar refractivity (Wildman–Crippen MR) is 57.0 cm³/mol. The van der Waals surface area contributed by atoms with Gasteiger partial charge in [-0.25, -0.2) is 0 Å². The normalized spacial score (nSPS) is 9.47. The molecule has 5 heteroatoms. The van der Waals surface area contributed by atoms with E-state index in [9.17, 15) is 9.59 Å². The van der Waals surface area contributed by atoms with Gasteiger partial charge in [0.25, 0.3) is 11.9 Å². The Balaban J connectivity index is 3.36. The Morgan fingerprint density at radius 2 is 1.33 bits per heavy atom. The molecule has 0 amide bonds. The third kappa shape index (κ3) is 9.31. The summed E-state index contributed by atoms with van der Waals surface area (Å²) in [6, 6.07) is 0. The van der Waals surface area contributed by atoms with Crippen molar-refractivity contribution >= 4 is 19.6 Å². The molecule has 4 nitrogen and oxygen atoms in total. The van der Waals surface area contributed by atoms with Crippen LogP contribution in [-0.4, -0.2) is 19.6 Å². The number of carbonyl (C=O) groups excluding carboxylic acids is 2. The van der Waals surface area contributed by atoms with Gasteiger partial charge in [0.05, 0.1) is 0 Å². The molecule has 0 fully saturated rings. The maximum Gasteiger partial charge on any atom is 0.662 e. The van der Waals surface area contributed by atoms with Crippen LogP contribution in [0.4, 0.5) is 0 Å². The lowest BCUT2D eigenvalue weighted by molar-refractivity contribution is -0.139. The minimum Gasteiger partial charge on any atom is -0.500 e. The van der Waals surface area contributed by atoms with Crippen LogP contribution in [-0.2, 0) is 18.9 Å². The molecule has 0 atom stereocenters. The molecular formula is C10H18BO4. The molecule has 0 aliphatic carbocycles. The summed E-state index contributed by atoms with van der Waals surface area (Å²) in [5, 5.41) is 0. The summed E-state index contributed by atoms with van der Waals surface area (Å²) in [6.45, 7) is 3.98. The van der Waals surface area contributed by atoms with Crippen LogP contribution in [0.1, 0.15) is 52.4 Å². The van der Waals surface area contributed by atoms with Crippen LogP contribution in [0.2, 0.25) is 0 Å². The van der Waals surface area contributed by atoms with Crippen LogP contribution >= 0.6 is 0 Å². The van der Waals surface area contributed by atoms with Gasteiger partial charge in [-0.05, 0) is 12.8 Å². The van der Waals surface area contributed by atoms with Crippen molar-refractivity contribution in [2.45, 2.75) is 52.4 Å². The number of rotatable bonds is 8. The highest BCUT2D eigenvalue weighted by molar-refractivity contribution is 6.25. The average molecular weight is 213 g/mol. The van der Waals surface area contributed by atoms with E-state index in [1.807, 2.05) is 13.8 Å². The minimum atomic E-state index is -0.361. The molecule has 0 saturated heterocycles. The summed E-state index contributed by atoms with van der Waals surface area (Å²) in [6.07, 6.45) is 4.17. The summed E-state index contributed by atoms with van der Waals surface area (Å²) in [4.78, 5) is 21.9. The summed E-state index contributed by atoms with van der Waals surface area (Å²) in [7, 11) is 0.829. The SMILES string of the molecule is CCCCC(=O)O[B]OC(=O)CCCC. The van der Waals surface area contributed by atoms with E-state index >= 15 is 0 Å². The molecule has 1 radical (unpaired) electrons. The molecule has 0 aromatic rings. The molecule has 15 heavy (non-hydrogen) atoms. The van der Waals surface area contributed by atoms with E-state index in [0.29, 0.717) is 12.8 Å². The number of hydrogen-bond donors (Lipinski definition) is 0. The van der Waals surface area contributed by atoms with Crippen molar-refractivity contribution in [2.24, 2.45) is 0 Å². The molecule has 0 N–H and O–H groups in total. The van der Waals surface area contributed by atoms with Crippen molar-refractivity contribution in [3.8, 4) is 0 Å². The molecule has 0 unspecified atom stereocenters. The smallest absolute Gasteiger partial charge is 0.500 e. The Hall–Kier alpha value is -0.995. The minimum absolute atomic E-state index is 0.361. The van der Waals surface area contributed by atoms with Gasteiger partial charge in [0.15, 0.2) is 0 Å². The number of unbranched alkanes of at least 4 members (excludes halogenated alkanes) is 2. The highest BCUT2D eigenvalue weighted by Gasteiger charge is 2.09. The van der Waals surface area contributed by atoms with E-state index in [2.05, 4.69) is 9.31 Å². The predicted octanol–water partition coefficient (Wildman–Crippen LogP) is 1.99. The van der Waals surface area contributed by atoms with E-state index in [-0.39, 0.29) is 11.9 Å². The molecule has 0 aromatic carbocycles. The fraction of sp³-hybridized carbons (Fsp3) is 0.800. The maximum atomic E-state index is 11.0. The van der Waals surface area contributed by atoms with Gasteiger partial charge in [0.2, 0.25) is 0 Å². The van der Waals surface area contributed by atoms with Crippen molar-refractivity contribution in [1.82, 2.24) is 0 Å². The van der Waals surface area contributed by atoms with Gasteiger partial charge in [0, 0.05) is 12.8 Å². The van der Waals surface area contributed by atoms with Crippen LogP contribution < -0.4 is 0 Å². The first-order valence-electron chi connectivity index (χ1n) is 5.41. The van der Waals surface area contributed by atoms with Crippen molar-refractivity contribution < 1.29 is 18.9 Å². The molecule has 85 valence electrons. The van der Waals surface area contributed by atoms with Crippen LogP contribution in [0.15, 0.2) is 0 Å². The Labute approximate surface area is 91.6 Å². The van der Waals surface area contributed by atoms with E-state index in [1.165, 1.54) is 0 Å². The Bertz CT molecular complexity index is 174. The molecule has 0 rings (SSSR count). The zero-order valence-corrected chi connectivity index (χ0v) is 9.45. The fourth-order valence-corrected chi connectivity index (χ4v) is 0.891. The Morgan fingerprint density at radius 3 is 1.67 bits per heavy atom. The number of hydrogen-bond acceptors (Lipinski definition) is 4. The van der Waals surface area contributed by atoms with Gasteiger partial charge >= 0.3 is 7.69 Å². The molecule has 0 aliphatic heterocycles. The summed E-state index contributed by atoms with van der Waals surface area (Å²) in [5.41, 5.74) is 0. The van der Waals surface area contributed by atoms with Gasteiger partial charge < -0.3 is 9.31 Å². The molecule has 0 aliphatic rings. The van der Waals surface area contributed by atoms with Crippen LogP contribution in [0.25, 0.3) is 0 Å². The van der Waals surface area contributed by atoms with E-state index in [0.717, 1.165) is 33.4 Å². The molecule has 0 saturated carbocycles. The first kappa shape index (κ1) is 14.0. The highest BCUT2D eigenvalue weighted by Crippen LogP contribution is 1.98. The zero-order valence-electron chi connectivity index (χ0n) is 9.45. The third-order valence-electron chi connectivity index (χ3n) is 1.83.